The first-order valence-corrected chi connectivity index (χ1v) is 6.56. The van der Waals surface area contributed by atoms with Gasteiger partial charge >= 0.3 is 6.09 Å². The number of ether oxygens (including phenoxy) is 2. The molecule has 2 aromatic rings. The van der Waals surface area contributed by atoms with Gasteiger partial charge in [0.15, 0.2) is 0 Å². The van der Waals surface area contributed by atoms with Crippen molar-refractivity contribution in [3.05, 3.63) is 59.7 Å². The number of benzene rings is 2. The summed E-state index contributed by atoms with van der Waals surface area (Å²) in [6, 6.07) is 14.9. The molecular weight excluding hydrogens is 268 g/mol. The molecule has 0 bridgehead atoms. The summed E-state index contributed by atoms with van der Waals surface area (Å²) in [6.07, 6.45) is -0.465. The zero-order valence-corrected chi connectivity index (χ0v) is 11.8. The Morgan fingerprint density at radius 3 is 2.57 bits per heavy atom. The molecule has 2 rings (SSSR count). The minimum Gasteiger partial charge on any atom is -0.495 e. The first-order chi connectivity index (χ1) is 10.2. The van der Waals surface area contributed by atoms with Crippen LogP contribution in [0.25, 0.3) is 0 Å². The molecule has 0 radical (unpaired) electrons. The average molecular weight is 286 g/mol. The van der Waals surface area contributed by atoms with Crippen molar-refractivity contribution in [1.82, 2.24) is 5.32 Å². The van der Waals surface area contributed by atoms with E-state index in [1.807, 2.05) is 36.4 Å². The van der Waals surface area contributed by atoms with Crippen molar-refractivity contribution in [3.8, 4) is 5.75 Å². The summed E-state index contributed by atoms with van der Waals surface area (Å²) in [7, 11) is 1.56. The monoisotopic (exact) mass is 286 g/mol. The second-order valence-electron chi connectivity index (χ2n) is 4.49. The number of carbonyl (C=O) groups is 1. The van der Waals surface area contributed by atoms with Gasteiger partial charge in [0.1, 0.15) is 12.4 Å². The Bertz CT molecular complexity index is 600. The van der Waals surface area contributed by atoms with Gasteiger partial charge in [0.05, 0.1) is 12.8 Å². The molecule has 0 aliphatic heterocycles. The number of nitrogen functional groups attached to an aromatic ring is 1. The van der Waals surface area contributed by atoms with Crippen LogP contribution in [0.1, 0.15) is 11.1 Å². The van der Waals surface area contributed by atoms with Crippen LogP contribution in [0.3, 0.4) is 0 Å². The average Bonchev–Trinajstić information content (AvgIpc) is 2.52. The van der Waals surface area contributed by atoms with Gasteiger partial charge in [-0.2, -0.15) is 0 Å². The second kappa shape index (κ2) is 7.19. The van der Waals surface area contributed by atoms with Crippen LogP contribution in [0.2, 0.25) is 0 Å². The SMILES string of the molecule is COc1ccc(CNC(=O)OCc2ccccc2)cc1N. The number of amides is 1. The number of nitrogens with one attached hydrogen (secondary N) is 1. The maximum atomic E-state index is 11.6. The highest BCUT2D eigenvalue weighted by Crippen LogP contribution is 2.21. The van der Waals surface area contributed by atoms with Gasteiger partial charge in [0.25, 0.3) is 0 Å². The molecule has 0 aliphatic carbocycles. The van der Waals surface area contributed by atoms with E-state index in [0.29, 0.717) is 18.0 Å². The van der Waals surface area contributed by atoms with Gasteiger partial charge in [-0.15, -0.1) is 0 Å². The van der Waals surface area contributed by atoms with E-state index in [2.05, 4.69) is 5.32 Å². The molecular formula is C16H18N2O3. The summed E-state index contributed by atoms with van der Waals surface area (Å²) >= 11 is 0. The molecule has 0 unspecified atom stereocenters. The number of rotatable bonds is 5. The minimum atomic E-state index is -0.465. The van der Waals surface area contributed by atoms with Gasteiger partial charge in [0, 0.05) is 6.54 Å². The largest absolute Gasteiger partial charge is 0.495 e. The molecule has 0 spiro atoms. The summed E-state index contributed by atoms with van der Waals surface area (Å²) in [6.45, 7) is 0.596. The van der Waals surface area contributed by atoms with Crippen LogP contribution < -0.4 is 15.8 Å². The molecule has 2 aromatic carbocycles. The van der Waals surface area contributed by atoms with Crippen LogP contribution >= 0.6 is 0 Å². The van der Waals surface area contributed by atoms with Crippen molar-refractivity contribution in [3.63, 3.8) is 0 Å². The predicted molar refractivity (Wildman–Crippen MR) is 80.9 cm³/mol. The Balaban J connectivity index is 1.80. The first-order valence-electron chi connectivity index (χ1n) is 6.56. The van der Waals surface area contributed by atoms with Crippen molar-refractivity contribution in [2.24, 2.45) is 0 Å². The fraction of sp³-hybridized carbons (Fsp3) is 0.188. The van der Waals surface area contributed by atoms with Crippen molar-refractivity contribution in [2.45, 2.75) is 13.2 Å². The summed E-state index contributed by atoms with van der Waals surface area (Å²) < 4.78 is 10.2. The van der Waals surface area contributed by atoms with E-state index in [1.54, 1.807) is 19.2 Å². The third kappa shape index (κ3) is 4.42. The fourth-order valence-corrected chi connectivity index (χ4v) is 1.84. The highest BCUT2D eigenvalue weighted by atomic mass is 16.5. The standard InChI is InChI=1S/C16H18N2O3/c1-20-15-8-7-13(9-14(15)17)10-18-16(19)21-11-12-5-3-2-4-6-12/h2-9H,10-11,17H2,1H3,(H,18,19). The lowest BCUT2D eigenvalue weighted by molar-refractivity contribution is 0.139. The molecule has 0 atom stereocenters. The van der Waals surface area contributed by atoms with E-state index in [1.165, 1.54) is 0 Å². The van der Waals surface area contributed by atoms with Crippen LogP contribution in [0.4, 0.5) is 10.5 Å². The quantitative estimate of drug-likeness (QED) is 0.829. The zero-order chi connectivity index (χ0) is 15.1. The molecule has 0 aliphatic rings. The zero-order valence-electron chi connectivity index (χ0n) is 11.8. The van der Waals surface area contributed by atoms with Gasteiger partial charge in [-0.3, -0.25) is 0 Å². The Morgan fingerprint density at radius 2 is 1.90 bits per heavy atom. The number of carbonyl (C=O) groups excluding carboxylic acids is 1. The molecule has 0 aromatic heterocycles. The third-order valence-corrected chi connectivity index (χ3v) is 2.94. The van der Waals surface area contributed by atoms with Crippen molar-refractivity contribution in [1.29, 1.82) is 0 Å². The topological polar surface area (TPSA) is 73.6 Å². The minimum absolute atomic E-state index is 0.247. The van der Waals surface area contributed by atoms with Crippen LogP contribution in [0.15, 0.2) is 48.5 Å². The third-order valence-electron chi connectivity index (χ3n) is 2.94. The first kappa shape index (κ1) is 14.7. The molecule has 3 N–H and O–H groups in total. The Hall–Kier alpha value is -2.69. The van der Waals surface area contributed by atoms with Gasteiger partial charge in [-0.05, 0) is 23.3 Å². The van der Waals surface area contributed by atoms with Crippen LogP contribution in [0.5, 0.6) is 5.75 Å². The van der Waals surface area contributed by atoms with Crippen LogP contribution in [0, 0.1) is 0 Å². The van der Waals surface area contributed by atoms with E-state index in [9.17, 15) is 4.79 Å². The molecule has 21 heavy (non-hydrogen) atoms. The predicted octanol–water partition coefficient (Wildman–Crippen LogP) is 2.70. The van der Waals surface area contributed by atoms with Crippen molar-refractivity contribution >= 4 is 11.8 Å². The number of anilines is 1. The molecule has 0 fully saturated rings. The molecule has 0 saturated heterocycles. The maximum absolute atomic E-state index is 11.6. The summed E-state index contributed by atoms with van der Waals surface area (Å²) in [4.78, 5) is 11.6. The van der Waals surface area contributed by atoms with Crippen molar-refractivity contribution < 1.29 is 14.3 Å². The number of hydrogen-bond donors (Lipinski definition) is 2. The van der Waals surface area contributed by atoms with E-state index < -0.39 is 6.09 Å². The highest BCUT2D eigenvalue weighted by Gasteiger charge is 2.04. The van der Waals surface area contributed by atoms with E-state index in [0.717, 1.165) is 11.1 Å². The summed E-state index contributed by atoms with van der Waals surface area (Å²) in [5.41, 5.74) is 8.17. The number of nitrogens with two attached hydrogens (primary N) is 1. The lowest BCUT2D eigenvalue weighted by Crippen LogP contribution is -2.23. The van der Waals surface area contributed by atoms with Gasteiger partial charge in [0.2, 0.25) is 0 Å². The van der Waals surface area contributed by atoms with Gasteiger partial charge in [-0.1, -0.05) is 36.4 Å². The van der Waals surface area contributed by atoms with E-state index in [4.69, 9.17) is 15.2 Å². The Morgan fingerprint density at radius 1 is 1.14 bits per heavy atom. The molecule has 0 saturated carbocycles. The number of hydrogen-bond acceptors (Lipinski definition) is 4. The summed E-state index contributed by atoms with van der Waals surface area (Å²) in [5.74, 6) is 0.616. The number of methoxy groups -OCH3 is 1. The smallest absolute Gasteiger partial charge is 0.407 e. The fourth-order valence-electron chi connectivity index (χ4n) is 1.84. The van der Waals surface area contributed by atoms with Crippen LogP contribution in [-0.4, -0.2) is 13.2 Å². The normalized spacial score (nSPS) is 9.95. The van der Waals surface area contributed by atoms with Gasteiger partial charge < -0.3 is 20.5 Å². The maximum Gasteiger partial charge on any atom is 0.407 e. The molecule has 110 valence electrons. The highest BCUT2D eigenvalue weighted by molar-refractivity contribution is 5.67. The lowest BCUT2D eigenvalue weighted by atomic mass is 10.2. The molecule has 1 amide bonds. The lowest BCUT2D eigenvalue weighted by Gasteiger charge is -2.09. The molecule has 5 nitrogen and oxygen atoms in total. The van der Waals surface area contributed by atoms with E-state index in [-0.39, 0.29) is 6.61 Å². The van der Waals surface area contributed by atoms with Crippen LogP contribution in [-0.2, 0) is 17.9 Å². The Kier molecular flexibility index (Phi) is 5.04. The van der Waals surface area contributed by atoms with E-state index >= 15 is 0 Å². The summed E-state index contributed by atoms with van der Waals surface area (Å²) in [5, 5.41) is 2.68. The number of alkyl carbamates (subject to hydrolysis) is 1. The second-order valence-corrected chi connectivity index (χ2v) is 4.49. The molecule has 0 heterocycles. The van der Waals surface area contributed by atoms with Gasteiger partial charge in [-0.25, -0.2) is 4.79 Å². The van der Waals surface area contributed by atoms with Crippen molar-refractivity contribution in [2.75, 3.05) is 12.8 Å². The Labute approximate surface area is 123 Å². The molecule has 5 heteroatoms.